The van der Waals surface area contributed by atoms with E-state index in [1.54, 1.807) is 16.7 Å². The molecule has 0 aromatic carbocycles. The molecule has 0 aliphatic carbocycles. The smallest absolute Gasteiger partial charge is 0.320 e. The van der Waals surface area contributed by atoms with Crippen LogP contribution < -0.4 is 10.0 Å². The number of carbonyl (C=O) groups excluding carboxylic acids is 1. The van der Waals surface area contributed by atoms with E-state index < -0.39 is 22.0 Å². The summed E-state index contributed by atoms with van der Waals surface area (Å²) in [6.45, 7) is 3.45. The monoisotopic (exact) mass is 322 g/mol. The number of carboxylic acids is 1. The Morgan fingerprint density at radius 3 is 2.29 bits per heavy atom. The Hall–Kier alpha value is -1.39. The minimum Gasteiger partial charge on any atom is -0.480 e. The third-order valence-electron chi connectivity index (χ3n) is 3.46. The maximum absolute atomic E-state index is 11.8. The van der Waals surface area contributed by atoms with Crippen LogP contribution in [0.1, 0.15) is 6.92 Å². The molecule has 122 valence electrons. The van der Waals surface area contributed by atoms with Gasteiger partial charge in [0, 0.05) is 32.7 Å². The lowest BCUT2D eigenvalue weighted by atomic mass is 10.2. The summed E-state index contributed by atoms with van der Waals surface area (Å²) < 4.78 is 24.6. The molecule has 1 rings (SSSR count). The summed E-state index contributed by atoms with van der Waals surface area (Å²) in [6, 6.07) is -0.903. The van der Waals surface area contributed by atoms with E-state index >= 15 is 0 Å². The van der Waals surface area contributed by atoms with Gasteiger partial charge in [-0.1, -0.05) is 0 Å². The van der Waals surface area contributed by atoms with Crippen molar-refractivity contribution < 1.29 is 23.1 Å². The van der Waals surface area contributed by atoms with Gasteiger partial charge in [0.05, 0.1) is 5.75 Å². The van der Waals surface area contributed by atoms with Crippen molar-refractivity contribution in [3.05, 3.63) is 0 Å². The predicted octanol–water partition coefficient (Wildman–Crippen LogP) is -1.66. The van der Waals surface area contributed by atoms with Crippen LogP contribution in [-0.2, 0) is 14.8 Å². The van der Waals surface area contributed by atoms with Gasteiger partial charge in [-0.25, -0.2) is 17.9 Å². The van der Waals surface area contributed by atoms with Gasteiger partial charge < -0.3 is 15.3 Å². The third-order valence-corrected chi connectivity index (χ3v) is 4.83. The standard InChI is InChI=1S/C11H22N4O5S/c1-9(10(16)17)14-4-6-15(7-5-14)11(18)13-3-8-21(19,20)12-2/h9,12H,3-8H2,1-2H3,(H,13,18)(H,16,17). The first kappa shape index (κ1) is 17.7. The minimum absolute atomic E-state index is 0.0355. The van der Waals surface area contributed by atoms with Crippen molar-refractivity contribution in [2.75, 3.05) is 45.5 Å². The lowest BCUT2D eigenvalue weighted by molar-refractivity contribution is -0.143. The fraction of sp³-hybridized carbons (Fsp3) is 0.818. The van der Waals surface area contributed by atoms with E-state index in [1.807, 2.05) is 0 Å². The molecule has 1 aliphatic heterocycles. The van der Waals surface area contributed by atoms with Crippen LogP contribution in [0.25, 0.3) is 0 Å². The zero-order chi connectivity index (χ0) is 16.0. The fourth-order valence-corrected chi connectivity index (χ4v) is 2.55. The lowest BCUT2D eigenvalue weighted by Crippen LogP contribution is -2.55. The number of nitrogens with zero attached hydrogens (tertiary/aromatic N) is 2. The highest BCUT2D eigenvalue weighted by Gasteiger charge is 2.27. The molecule has 0 aromatic heterocycles. The first-order valence-corrected chi connectivity index (χ1v) is 8.33. The maximum Gasteiger partial charge on any atom is 0.320 e. The zero-order valence-electron chi connectivity index (χ0n) is 12.2. The summed E-state index contributed by atoms with van der Waals surface area (Å²) in [4.78, 5) is 26.1. The van der Waals surface area contributed by atoms with Crippen molar-refractivity contribution >= 4 is 22.0 Å². The molecule has 1 fully saturated rings. The van der Waals surface area contributed by atoms with E-state index in [9.17, 15) is 18.0 Å². The molecule has 0 aromatic rings. The molecule has 21 heavy (non-hydrogen) atoms. The van der Waals surface area contributed by atoms with Gasteiger partial charge in [-0.05, 0) is 14.0 Å². The summed E-state index contributed by atoms with van der Waals surface area (Å²) in [7, 11) is -2.01. The van der Waals surface area contributed by atoms with Crippen LogP contribution in [0.15, 0.2) is 0 Å². The van der Waals surface area contributed by atoms with Crippen LogP contribution >= 0.6 is 0 Å². The van der Waals surface area contributed by atoms with Crippen LogP contribution in [0.5, 0.6) is 0 Å². The number of hydrogen-bond donors (Lipinski definition) is 3. The molecule has 10 heteroatoms. The summed E-state index contributed by atoms with van der Waals surface area (Å²) >= 11 is 0. The Labute approximate surface area is 124 Å². The molecule has 3 N–H and O–H groups in total. The number of nitrogens with one attached hydrogen (secondary N) is 2. The second-order valence-electron chi connectivity index (χ2n) is 4.79. The first-order valence-electron chi connectivity index (χ1n) is 6.67. The lowest BCUT2D eigenvalue weighted by Gasteiger charge is -2.36. The number of rotatable bonds is 6. The highest BCUT2D eigenvalue weighted by Crippen LogP contribution is 2.06. The number of piperazine rings is 1. The molecule has 9 nitrogen and oxygen atoms in total. The average molecular weight is 322 g/mol. The van der Waals surface area contributed by atoms with Crippen molar-refractivity contribution in [3.63, 3.8) is 0 Å². The predicted molar refractivity (Wildman–Crippen MR) is 76.5 cm³/mol. The number of aliphatic carboxylic acids is 1. The van der Waals surface area contributed by atoms with E-state index in [0.717, 1.165) is 0 Å². The molecule has 0 radical (unpaired) electrons. The average Bonchev–Trinajstić information content (AvgIpc) is 2.46. The van der Waals surface area contributed by atoms with E-state index in [-0.39, 0.29) is 18.3 Å². The van der Waals surface area contributed by atoms with Crippen molar-refractivity contribution in [3.8, 4) is 0 Å². The van der Waals surface area contributed by atoms with E-state index in [4.69, 9.17) is 5.11 Å². The second kappa shape index (κ2) is 7.57. The highest BCUT2D eigenvalue weighted by atomic mass is 32.2. The zero-order valence-corrected chi connectivity index (χ0v) is 13.0. The first-order chi connectivity index (χ1) is 9.76. The largest absolute Gasteiger partial charge is 0.480 e. The van der Waals surface area contributed by atoms with Gasteiger partial charge in [0.1, 0.15) is 6.04 Å². The van der Waals surface area contributed by atoms with Crippen molar-refractivity contribution in [2.24, 2.45) is 0 Å². The normalized spacial score (nSPS) is 18.3. The van der Waals surface area contributed by atoms with Gasteiger partial charge in [0.25, 0.3) is 0 Å². The Balaban J connectivity index is 2.34. The molecule has 1 heterocycles. The summed E-state index contributed by atoms with van der Waals surface area (Å²) in [5, 5.41) is 11.5. The molecular formula is C11H22N4O5S. The Morgan fingerprint density at radius 2 is 1.81 bits per heavy atom. The van der Waals surface area contributed by atoms with Crippen LogP contribution in [0.2, 0.25) is 0 Å². The van der Waals surface area contributed by atoms with Crippen LogP contribution in [-0.4, -0.2) is 86.9 Å². The van der Waals surface area contributed by atoms with Crippen molar-refractivity contribution in [1.82, 2.24) is 19.8 Å². The Bertz CT molecular complexity index is 473. The SMILES string of the molecule is CNS(=O)(=O)CCNC(=O)N1CCN(C(C)C(=O)O)CC1. The fourth-order valence-electron chi connectivity index (χ4n) is 1.97. The quantitative estimate of drug-likeness (QED) is 0.538. The van der Waals surface area contributed by atoms with Gasteiger partial charge in [-0.2, -0.15) is 0 Å². The van der Waals surface area contributed by atoms with E-state index in [2.05, 4.69) is 10.0 Å². The third kappa shape index (κ3) is 5.48. The van der Waals surface area contributed by atoms with Crippen LogP contribution in [0.4, 0.5) is 4.79 Å². The number of amides is 2. The number of carboxylic acid groups (broad SMARTS) is 1. The minimum atomic E-state index is -3.33. The number of urea groups is 1. The molecular weight excluding hydrogens is 300 g/mol. The van der Waals surface area contributed by atoms with E-state index in [0.29, 0.717) is 26.2 Å². The van der Waals surface area contributed by atoms with Crippen LogP contribution in [0, 0.1) is 0 Å². The Kier molecular flexibility index (Phi) is 6.37. The van der Waals surface area contributed by atoms with Crippen LogP contribution in [0.3, 0.4) is 0 Å². The summed E-state index contributed by atoms with van der Waals surface area (Å²) in [6.07, 6.45) is 0. The highest BCUT2D eigenvalue weighted by molar-refractivity contribution is 7.89. The molecule has 0 saturated carbocycles. The van der Waals surface area contributed by atoms with Gasteiger partial charge in [-0.15, -0.1) is 0 Å². The Morgan fingerprint density at radius 1 is 1.24 bits per heavy atom. The topological polar surface area (TPSA) is 119 Å². The van der Waals surface area contributed by atoms with Gasteiger partial charge in [0.2, 0.25) is 10.0 Å². The van der Waals surface area contributed by atoms with E-state index in [1.165, 1.54) is 7.05 Å². The van der Waals surface area contributed by atoms with Gasteiger partial charge in [-0.3, -0.25) is 9.69 Å². The van der Waals surface area contributed by atoms with Crippen molar-refractivity contribution in [2.45, 2.75) is 13.0 Å². The molecule has 1 unspecified atom stereocenters. The molecule has 0 bridgehead atoms. The number of sulfonamides is 1. The van der Waals surface area contributed by atoms with Gasteiger partial charge >= 0.3 is 12.0 Å². The molecule has 1 aliphatic rings. The summed E-state index contributed by atoms with van der Waals surface area (Å²) in [5.74, 6) is -1.06. The molecule has 1 atom stereocenters. The molecule has 2 amide bonds. The molecule has 1 saturated heterocycles. The van der Waals surface area contributed by atoms with Crippen molar-refractivity contribution in [1.29, 1.82) is 0 Å². The summed E-state index contributed by atoms with van der Waals surface area (Å²) in [5.41, 5.74) is 0. The number of hydrogen-bond acceptors (Lipinski definition) is 5. The maximum atomic E-state index is 11.8. The van der Waals surface area contributed by atoms with Gasteiger partial charge in [0.15, 0.2) is 0 Å². The number of carbonyl (C=O) groups is 2. The second-order valence-corrected chi connectivity index (χ2v) is 6.84. The molecule has 0 spiro atoms.